The molecule has 0 saturated carbocycles. The molecule has 0 atom stereocenters. The van der Waals surface area contributed by atoms with Crippen LogP contribution in [-0.4, -0.2) is 36.7 Å². The highest BCUT2D eigenvalue weighted by atomic mass is 19.4. The zero-order valence-electron chi connectivity index (χ0n) is 17.1. The number of anilines is 2. The van der Waals surface area contributed by atoms with Crippen LogP contribution >= 0.6 is 0 Å². The van der Waals surface area contributed by atoms with Crippen molar-refractivity contribution in [2.24, 2.45) is 0 Å². The zero-order valence-corrected chi connectivity index (χ0v) is 17.1. The number of halogens is 6. The van der Waals surface area contributed by atoms with E-state index in [1.54, 1.807) is 0 Å². The molecule has 4 rings (SSSR count). The molecule has 14 heteroatoms. The standard InChI is InChI=1S/C20H13F6N7O/c1-2-34-18-11(20(24,25)26)3-4-14(32-18)30-12-6-7-27-17-16(12)28-9-13(31-17)15-10(19(21,22)23)5-8-29-33-15/h3-9H,2H2,1H3,(H,27,30,31,32). The first-order valence-electron chi connectivity index (χ1n) is 9.57. The van der Waals surface area contributed by atoms with Crippen molar-refractivity contribution < 1.29 is 31.1 Å². The fourth-order valence-corrected chi connectivity index (χ4v) is 3.00. The molecule has 8 nitrogen and oxygen atoms in total. The van der Waals surface area contributed by atoms with Crippen molar-refractivity contribution in [2.45, 2.75) is 19.3 Å². The Balaban J connectivity index is 1.72. The molecular weight excluding hydrogens is 468 g/mol. The summed E-state index contributed by atoms with van der Waals surface area (Å²) in [6.45, 7) is 1.49. The van der Waals surface area contributed by atoms with Crippen LogP contribution in [0.25, 0.3) is 22.6 Å². The summed E-state index contributed by atoms with van der Waals surface area (Å²) >= 11 is 0. The van der Waals surface area contributed by atoms with Crippen molar-refractivity contribution >= 4 is 22.7 Å². The molecule has 0 fully saturated rings. The van der Waals surface area contributed by atoms with E-state index in [1.165, 1.54) is 19.2 Å². The lowest BCUT2D eigenvalue weighted by molar-refractivity contribution is -0.139. The van der Waals surface area contributed by atoms with Gasteiger partial charge in [0, 0.05) is 6.20 Å². The highest BCUT2D eigenvalue weighted by molar-refractivity contribution is 5.87. The first kappa shape index (κ1) is 23.1. The molecule has 4 heterocycles. The van der Waals surface area contributed by atoms with E-state index in [0.29, 0.717) is 0 Å². The third kappa shape index (κ3) is 4.65. The summed E-state index contributed by atoms with van der Waals surface area (Å²) in [7, 11) is 0. The number of hydrogen-bond donors (Lipinski definition) is 1. The summed E-state index contributed by atoms with van der Waals surface area (Å²) < 4.78 is 84.5. The molecule has 0 saturated heterocycles. The lowest BCUT2D eigenvalue weighted by atomic mass is 10.1. The fraction of sp³-hybridized carbons (Fsp3) is 0.200. The molecule has 4 aromatic rings. The van der Waals surface area contributed by atoms with Crippen molar-refractivity contribution in [1.82, 2.24) is 30.1 Å². The number of nitrogens with one attached hydrogen (secondary N) is 1. The van der Waals surface area contributed by atoms with Gasteiger partial charge in [-0.15, -0.1) is 5.10 Å². The van der Waals surface area contributed by atoms with Crippen LogP contribution in [-0.2, 0) is 12.4 Å². The summed E-state index contributed by atoms with van der Waals surface area (Å²) in [4.78, 5) is 16.1. The number of ether oxygens (including phenoxy) is 1. The largest absolute Gasteiger partial charge is 0.477 e. The molecule has 176 valence electrons. The molecule has 0 spiro atoms. The number of aromatic nitrogens is 6. The molecule has 0 aliphatic heterocycles. The van der Waals surface area contributed by atoms with Gasteiger partial charge in [-0.05, 0) is 31.2 Å². The van der Waals surface area contributed by atoms with E-state index in [9.17, 15) is 26.3 Å². The third-order valence-corrected chi connectivity index (χ3v) is 4.43. The van der Waals surface area contributed by atoms with E-state index >= 15 is 0 Å². The van der Waals surface area contributed by atoms with Gasteiger partial charge >= 0.3 is 12.4 Å². The van der Waals surface area contributed by atoms with Crippen LogP contribution in [0.15, 0.2) is 42.9 Å². The molecule has 0 radical (unpaired) electrons. The predicted molar refractivity (Wildman–Crippen MR) is 107 cm³/mol. The van der Waals surface area contributed by atoms with E-state index in [1.807, 2.05) is 0 Å². The van der Waals surface area contributed by atoms with Crippen molar-refractivity contribution in [3.63, 3.8) is 0 Å². The van der Waals surface area contributed by atoms with Gasteiger partial charge in [0.2, 0.25) is 5.88 Å². The van der Waals surface area contributed by atoms with Crippen LogP contribution in [0.3, 0.4) is 0 Å². The SMILES string of the molecule is CCOc1nc(Nc2ccnc3nc(-c4nnccc4C(F)(F)F)cnc23)ccc1C(F)(F)F. The van der Waals surface area contributed by atoms with Crippen molar-refractivity contribution in [2.75, 3.05) is 11.9 Å². The lowest BCUT2D eigenvalue weighted by Gasteiger charge is -2.14. The average Bonchev–Trinajstić information content (AvgIpc) is 2.78. The Morgan fingerprint density at radius 2 is 1.65 bits per heavy atom. The van der Waals surface area contributed by atoms with Crippen LogP contribution in [0.4, 0.5) is 37.8 Å². The Bertz CT molecular complexity index is 1340. The number of rotatable bonds is 5. The summed E-state index contributed by atoms with van der Waals surface area (Å²) in [5.41, 5.74) is -2.43. The lowest BCUT2D eigenvalue weighted by Crippen LogP contribution is -2.11. The van der Waals surface area contributed by atoms with E-state index in [0.717, 1.165) is 30.6 Å². The number of hydrogen-bond acceptors (Lipinski definition) is 8. The zero-order chi connectivity index (χ0) is 24.5. The summed E-state index contributed by atoms with van der Waals surface area (Å²) in [5.74, 6) is -0.586. The van der Waals surface area contributed by atoms with Crippen LogP contribution in [0.2, 0.25) is 0 Å². The maximum absolute atomic E-state index is 13.3. The molecule has 0 bridgehead atoms. The van der Waals surface area contributed by atoms with E-state index < -0.39 is 35.1 Å². The second-order valence-corrected chi connectivity index (χ2v) is 6.68. The Morgan fingerprint density at radius 3 is 2.35 bits per heavy atom. The molecule has 4 aromatic heterocycles. The Hall–Kier alpha value is -4.10. The third-order valence-electron chi connectivity index (χ3n) is 4.43. The number of pyridine rings is 2. The van der Waals surface area contributed by atoms with Crippen molar-refractivity contribution in [1.29, 1.82) is 0 Å². The minimum absolute atomic E-state index is 0.0168. The van der Waals surface area contributed by atoms with Gasteiger partial charge in [-0.1, -0.05) is 0 Å². The van der Waals surface area contributed by atoms with E-state index in [4.69, 9.17) is 4.74 Å². The minimum Gasteiger partial charge on any atom is -0.477 e. The maximum Gasteiger partial charge on any atom is 0.421 e. The van der Waals surface area contributed by atoms with Gasteiger partial charge in [-0.2, -0.15) is 36.4 Å². The smallest absolute Gasteiger partial charge is 0.421 e. The van der Waals surface area contributed by atoms with Crippen LogP contribution < -0.4 is 10.1 Å². The van der Waals surface area contributed by atoms with Gasteiger partial charge in [0.15, 0.2) is 5.65 Å². The Labute approximate surface area is 187 Å². The van der Waals surface area contributed by atoms with Gasteiger partial charge in [0.1, 0.15) is 28.3 Å². The number of fused-ring (bicyclic) bond motifs is 1. The second-order valence-electron chi connectivity index (χ2n) is 6.68. The van der Waals surface area contributed by atoms with Gasteiger partial charge in [-0.25, -0.2) is 15.0 Å². The summed E-state index contributed by atoms with van der Waals surface area (Å²) in [6.07, 6.45) is -6.06. The van der Waals surface area contributed by atoms with Crippen molar-refractivity contribution in [3.05, 3.63) is 54.0 Å². The van der Waals surface area contributed by atoms with Crippen LogP contribution in [0, 0.1) is 0 Å². The molecule has 0 unspecified atom stereocenters. The van der Waals surface area contributed by atoms with E-state index in [-0.39, 0.29) is 35.0 Å². The predicted octanol–water partition coefficient (Wildman–Crippen LogP) is 5.06. The highest BCUT2D eigenvalue weighted by Gasteiger charge is 2.36. The van der Waals surface area contributed by atoms with Crippen molar-refractivity contribution in [3.8, 4) is 17.3 Å². The molecule has 0 aliphatic carbocycles. The second kappa shape index (κ2) is 8.68. The van der Waals surface area contributed by atoms with Gasteiger partial charge < -0.3 is 10.1 Å². The Kier molecular flexibility index (Phi) is 5.89. The van der Waals surface area contributed by atoms with Crippen LogP contribution in [0.1, 0.15) is 18.1 Å². The van der Waals surface area contributed by atoms with Crippen LogP contribution in [0.5, 0.6) is 5.88 Å². The highest BCUT2D eigenvalue weighted by Crippen LogP contribution is 2.37. The van der Waals surface area contributed by atoms with E-state index in [2.05, 4.69) is 35.5 Å². The maximum atomic E-state index is 13.3. The number of alkyl halides is 6. The molecule has 0 aliphatic rings. The normalized spacial score (nSPS) is 12.1. The molecule has 34 heavy (non-hydrogen) atoms. The van der Waals surface area contributed by atoms with Gasteiger partial charge in [0.25, 0.3) is 0 Å². The van der Waals surface area contributed by atoms with Gasteiger partial charge in [-0.3, -0.25) is 0 Å². The minimum atomic E-state index is -4.69. The molecule has 0 aromatic carbocycles. The first-order chi connectivity index (χ1) is 16.1. The molecular formula is C20H13F6N7O. The fourth-order valence-electron chi connectivity index (χ4n) is 3.00. The first-order valence-corrected chi connectivity index (χ1v) is 9.57. The molecule has 1 N–H and O–H groups in total. The summed E-state index contributed by atoms with van der Waals surface area (Å²) in [6, 6.07) is 4.15. The Morgan fingerprint density at radius 1 is 0.882 bits per heavy atom. The summed E-state index contributed by atoms with van der Waals surface area (Å²) in [5, 5.41) is 9.83. The quantitative estimate of drug-likeness (QED) is 0.395. The number of nitrogens with zero attached hydrogens (tertiary/aromatic N) is 6. The molecule has 0 amide bonds. The monoisotopic (exact) mass is 481 g/mol. The van der Waals surface area contributed by atoms with Gasteiger partial charge in [0.05, 0.1) is 30.3 Å². The topological polar surface area (TPSA) is 98.6 Å². The average molecular weight is 481 g/mol.